The number of rotatable bonds is 4. The quantitative estimate of drug-likeness (QED) is 0.797. The zero-order valence-electron chi connectivity index (χ0n) is 9.73. The van der Waals surface area contributed by atoms with Gasteiger partial charge in [-0.15, -0.1) is 11.3 Å². The summed E-state index contributed by atoms with van der Waals surface area (Å²) in [6.07, 6.45) is 0. The lowest BCUT2D eigenvalue weighted by atomic mass is 10.3. The van der Waals surface area contributed by atoms with Crippen molar-refractivity contribution < 1.29 is 22.3 Å². The lowest BCUT2D eigenvalue weighted by Crippen LogP contribution is -2.13. The van der Waals surface area contributed by atoms with E-state index in [1.807, 2.05) is 4.72 Å². The lowest BCUT2D eigenvalue weighted by molar-refractivity contribution is 0.282. The van der Waals surface area contributed by atoms with E-state index in [-0.39, 0.29) is 15.3 Å². The van der Waals surface area contributed by atoms with E-state index in [1.165, 1.54) is 11.4 Å². The van der Waals surface area contributed by atoms with Crippen LogP contribution in [0.3, 0.4) is 0 Å². The second-order valence-corrected chi connectivity index (χ2v) is 7.46. The van der Waals surface area contributed by atoms with Gasteiger partial charge in [-0.25, -0.2) is 17.2 Å². The fourth-order valence-electron chi connectivity index (χ4n) is 1.37. The Kier molecular flexibility index (Phi) is 4.43. The van der Waals surface area contributed by atoms with Gasteiger partial charge in [0, 0.05) is 6.07 Å². The number of nitrogens with one attached hydrogen (secondary N) is 1. The van der Waals surface area contributed by atoms with E-state index in [0.717, 1.165) is 23.5 Å². The van der Waals surface area contributed by atoms with Crippen LogP contribution in [-0.2, 0) is 16.6 Å². The highest BCUT2D eigenvalue weighted by Gasteiger charge is 2.19. The lowest BCUT2D eigenvalue weighted by Gasteiger charge is -2.08. The molecule has 9 heteroatoms. The number of aliphatic hydroxyl groups excluding tert-OH is 1. The number of hydrogen-bond donors (Lipinski definition) is 2. The molecule has 0 saturated carbocycles. The molecule has 0 fully saturated rings. The molecule has 4 nitrogen and oxygen atoms in total. The SMILES string of the molecule is O=S(=O)(Nc1cc(F)c(Br)cc1F)c1cc(CO)cs1. The smallest absolute Gasteiger partial charge is 0.271 e. The summed E-state index contributed by atoms with van der Waals surface area (Å²) in [5, 5.41) is 10.4. The van der Waals surface area contributed by atoms with Crippen LogP contribution in [0.5, 0.6) is 0 Å². The number of aliphatic hydroxyl groups is 1. The van der Waals surface area contributed by atoms with Crippen LogP contribution in [-0.4, -0.2) is 13.5 Å². The minimum absolute atomic E-state index is 0.0933. The topological polar surface area (TPSA) is 66.4 Å². The summed E-state index contributed by atoms with van der Waals surface area (Å²) in [6.45, 7) is -0.298. The fourth-order valence-corrected chi connectivity index (χ4v) is 3.95. The van der Waals surface area contributed by atoms with Crippen LogP contribution in [0, 0.1) is 11.6 Å². The van der Waals surface area contributed by atoms with Crippen molar-refractivity contribution >= 4 is 43.0 Å². The predicted molar refractivity (Wildman–Crippen MR) is 75.1 cm³/mol. The third-order valence-corrected chi connectivity index (χ3v) is 5.79. The summed E-state index contributed by atoms with van der Waals surface area (Å²) >= 11 is 3.68. The van der Waals surface area contributed by atoms with Crippen LogP contribution in [0.2, 0.25) is 0 Å². The van der Waals surface area contributed by atoms with Crippen LogP contribution < -0.4 is 4.72 Å². The number of sulfonamides is 1. The Labute approximate surface area is 126 Å². The summed E-state index contributed by atoms with van der Waals surface area (Å²) in [5.41, 5.74) is -0.0533. The Morgan fingerprint density at radius 1 is 1.25 bits per heavy atom. The maximum Gasteiger partial charge on any atom is 0.271 e. The van der Waals surface area contributed by atoms with Gasteiger partial charge in [-0.3, -0.25) is 4.72 Å². The van der Waals surface area contributed by atoms with Crippen molar-refractivity contribution in [1.82, 2.24) is 0 Å². The number of anilines is 1. The molecular formula is C11H8BrF2NO3S2. The second-order valence-electron chi connectivity index (χ2n) is 3.78. The van der Waals surface area contributed by atoms with Gasteiger partial charge >= 0.3 is 0 Å². The van der Waals surface area contributed by atoms with E-state index < -0.39 is 27.3 Å². The van der Waals surface area contributed by atoms with Crippen molar-refractivity contribution in [2.24, 2.45) is 0 Å². The maximum atomic E-state index is 13.6. The van der Waals surface area contributed by atoms with Crippen molar-refractivity contribution in [2.75, 3.05) is 4.72 Å². The summed E-state index contributed by atoms with van der Waals surface area (Å²) < 4.78 is 52.7. The van der Waals surface area contributed by atoms with Gasteiger partial charge in [0.05, 0.1) is 16.8 Å². The minimum Gasteiger partial charge on any atom is -0.392 e. The highest BCUT2D eigenvalue weighted by Crippen LogP contribution is 2.27. The van der Waals surface area contributed by atoms with Crippen LogP contribution >= 0.6 is 27.3 Å². The molecule has 0 aliphatic carbocycles. The second kappa shape index (κ2) is 5.76. The van der Waals surface area contributed by atoms with Crippen LogP contribution in [0.4, 0.5) is 14.5 Å². The van der Waals surface area contributed by atoms with Crippen molar-refractivity contribution in [3.8, 4) is 0 Å². The molecule has 0 atom stereocenters. The van der Waals surface area contributed by atoms with Gasteiger partial charge in [-0.05, 0) is 39.0 Å². The van der Waals surface area contributed by atoms with Crippen molar-refractivity contribution in [2.45, 2.75) is 10.8 Å². The molecule has 0 unspecified atom stereocenters. The molecular weight excluding hydrogens is 376 g/mol. The van der Waals surface area contributed by atoms with E-state index in [2.05, 4.69) is 15.9 Å². The maximum absolute atomic E-state index is 13.6. The van der Waals surface area contributed by atoms with Gasteiger partial charge in [0.15, 0.2) is 0 Å². The van der Waals surface area contributed by atoms with E-state index >= 15 is 0 Å². The molecule has 0 aliphatic heterocycles. The molecule has 2 N–H and O–H groups in total. The molecule has 0 radical (unpaired) electrons. The summed E-state index contributed by atoms with van der Waals surface area (Å²) in [7, 11) is -4.02. The van der Waals surface area contributed by atoms with Gasteiger partial charge in [0.25, 0.3) is 10.0 Å². The van der Waals surface area contributed by atoms with Gasteiger partial charge in [-0.2, -0.15) is 0 Å². The van der Waals surface area contributed by atoms with E-state index in [9.17, 15) is 17.2 Å². The first-order valence-electron chi connectivity index (χ1n) is 5.19. The minimum atomic E-state index is -4.02. The molecule has 0 spiro atoms. The summed E-state index contributed by atoms with van der Waals surface area (Å²) in [5.74, 6) is -1.69. The third kappa shape index (κ3) is 3.17. The van der Waals surface area contributed by atoms with Gasteiger partial charge in [0.2, 0.25) is 0 Å². The summed E-state index contributed by atoms with van der Waals surface area (Å²) in [4.78, 5) is 0. The molecule has 108 valence electrons. The zero-order chi connectivity index (χ0) is 14.9. The van der Waals surface area contributed by atoms with Gasteiger partial charge in [-0.1, -0.05) is 0 Å². The highest BCUT2D eigenvalue weighted by molar-refractivity contribution is 9.10. The van der Waals surface area contributed by atoms with Crippen molar-refractivity contribution in [3.63, 3.8) is 0 Å². The van der Waals surface area contributed by atoms with Crippen LogP contribution in [0.15, 0.2) is 32.3 Å². The molecule has 0 saturated heterocycles. The summed E-state index contributed by atoms with van der Waals surface area (Å²) in [6, 6.07) is 2.85. The first kappa shape index (κ1) is 15.4. The molecule has 0 aliphatic rings. The Morgan fingerprint density at radius 3 is 2.55 bits per heavy atom. The molecule has 0 amide bonds. The predicted octanol–water partition coefficient (Wildman–Crippen LogP) is 3.08. The molecule has 1 aromatic heterocycles. The van der Waals surface area contributed by atoms with Crippen LogP contribution in [0.25, 0.3) is 0 Å². The van der Waals surface area contributed by atoms with Crippen molar-refractivity contribution in [1.29, 1.82) is 0 Å². The molecule has 1 heterocycles. The first-order chi connectivity index (χ1) is 9.33. The number of hydrogen-bond acceptors (Lipinski definition) is 4. The Balaban J connectivity index is 2.35. The zero-order valence-corrected chi connectivity index (χ0v) is 12.9. The van der Waals surface area contributed by atoms with Crippen LogP contribution in [0.1, 0.15) is 5.56 Å². The molecule has 2 rings (SSSR count). The third-order valence-electron chi connectivity index (χ3n) is 2.33. The normalized spacial score (nSPS) is 11.6. The Morgan fingerprint density at radius 2 is 1.95 bits per heavy atom. The van der Waals surface area contributed by atoms with E-state index in [1.54, 1.807) is 0 Å². The molecule has 0 bridgehead atoms. The van der Waals surface area contributed by atoms with Gasteiger partial charge < -0.3 is 5.11 Å². The fraction of sp³-hybridized carbons (Fsp3) is 0.0909. The monoisotopic (exact) mass is 383 g/mol. The average Bonchev–Trinajstić information content (AvgIpc) is 2.85. The van der Waals surface area contributed by atoms with Crippen molar-refractivity contribution in [3.05, 3.63) is 45.2 Å². The number of thiophene rings is 1. The molecule has 1 aromatic carbocycles. The Bertz CT molecular complexity index is 746. The number of halogens is 3. The Hall–Kier alpha value is -1.03. The largest absolute Gasteiger partial charge is 0.392 e. The highest BCUT2D eigenvalue weighted by atomic mass is 79.9. The van der Waals surface area contributed by atoms with E-state index in [4.69, 9.17) is 5.11 Å². The first-order valence-corrected chi connectivity index (χ1v) is 8.34. The van der Waals surface area contributed by atoms with Gasteiger partial charge in [0.1, 0.15) is 15.8 Å². The number of benzene rings is 1. The molecule has 2 aromatic rings. The average molecular weight is 384 g/mol. The van der Waals surface area contributed by atoms with E-state index in [0.29, 0.717) is 5.56 Å². The molecule has 20 heavy (non-hydrogen) atoms. The standard InChI is InChI=1S/C11H8BrF2NO3S2/c12-7-2-9(14)10(3-8(7)13)15-20(17,18)11-1-6(4-16)5-19-11/h1-3,5,15-16H,4H2.